The molecule has 0 amide bonds. The van der Waals surface area contributed by atoms with E-state index in [1.165, 1.54) is 41.2 Å². The van der Waals surface area contributed by atoms with Gasteiger partial charge in [-0.25, -0.2) is 9.38 Å². The number of nitro groups is 1. The fourth-order valence-corrected chi connectivity index (χ4v) is 7.03. The number of benzene rings is 3. The normalized spacial score (nSPS) is 16.1. The number of aromatic nitrogens is 1. The summed E-state index contributed by atoms with van der Waals surface area (Å²) in [7, 11) is 0. The van der Waals surface area contributed by atoms with Crippen LogP contribution in [-0.2, 0) is 6.42 Å². The minimum Gasteiger partial charge on any atom is -0.457 e. The Morgan fingerprint density at radius 3 is 2.63 bits per heavy atom. The number of hydrogen-bond acceptors (Lipinski definition) is 6. The molecule has 3 heterocycles. The van der Waals surface area contributed by atoms with Crippen molar-refractivity contribution in [3.63, 3.8) is 0 Å². The molecule has 0 fully saturated rings. The van der Waals surface area contributed by atoms with Gasteiger partial charge in [-0.05, 0) is 75.8 Å². The van der Waals surface area contributed by atoms with Gasteiger partial charge in [0.1, 0.15) is 17.3 Å². The second-order valence-electron chi connectivity index (χ2n) is 9.79. The first-order valence-corrected chi connectivity index (χ1v) is 14.4. The van der Waals surface area contributed by atoms with Crippen LogP contribution in [-0.4, -0.2) is 9.49 Å². The highest BCUT2D eigenvalue weighted by molar-refractivity contribution is 9.10. The van der Waals surface area contributed by atoms with Crippen LogP contribution in [0.25, 0.3) is 23.1 Å². The van der Waals surface area contributed by atoms with Crippen molar-refractivity contribution in [2.24, 2.45) is 4.99 Å². The van der Waals surface area contributed by atoms with E-state index in [4.69, 9.17) is 9.41 Å². The Balaban J connectivity index is 1.36. The third-order valence-corrected chi connectivity index (χ3v) is 9.03. The smallest absolute Gasteiger partial charge is 0.271 e. The number of non-ortho nitro benzene ring substituents is 1. The molecular weight excluding hydrogens is 609 g/mol. The molecule has 10 heteroatoms. The van der Waals surface area contributed by atoms with Gasteiger partial charge in [0.25, 0.3) is 11.2 Å². The Morgan fingerprint density at radius 1 is 1.05 bits per heavy atom. The van der Waals surface area contributed by atoms with E-state index in [-0.39, 0.29) is 17.1 Å². The Bertz CT molecular complexity index is 2090. The van der Waals surface area contributed by atoms with Crippen LogP contribution in [0.5, 0.6) is 0 Å². The van der Waals surface area contributed by atoms with Gasteiger partial charge in [0.05, 0.1) is 21.2 Å². The quantitative estimate of drug-likeness (QED) is 0.171. The van der Waals surface area contributed by atoms with Crippen LogP contribution in [0.4, 0.5) is 10.1 Å². The van der Waals surface area contributed by atoms with Crippen molar-refractivity contribution in [2.45, 2.75) is 18.9 Å². The van der Waals surface area contributed by atoms with Gasteiger partial charge in [-0.1, -0.05) is 47.7 Å². The topological polar surface area (TPSA) is 90.6 Å². The van der Waals surface area contributed by atoms with Gasteiger partial charge in [-0.2, -0.15) is 0 Å². The van der Waals surface area contributed by atoms with Crippen LogP contribution in [0.2, 0.25) is 0 Å². The SMILES string of the molecule is O=c1/c(=C/c2ccc(-c3ccc([N+](=O)[O-])cc3Br)o2)sc2n1[C@@H](c1ccc(F)cc1)C1=C(N=2)c2ccccc2CC1. The molecule has 2 aromatic heterocycles. The van der Waals surface area contributed by atoms with E-state index < -0.39 is 11.0 Å². The number of thiazole rings is 1. The van der Waals surface area contributed by atoms with Gasteiger partial charge in [0.2, 0.25) is 0 Å². The number of halogens is 2. The van der Waals surface area contributed by atoms with E-state index in [1.807, 2.05) is 12.1 Å². The lowest BCUT2D eigenvalue weighted by molar-refractivity contribution is -0.384. The predicted octanol–water partition coefficient (Wildman–Crippen LogP) is 6.39. The summed E-state index contributed by atoms with van der Waals surface area (Å²) in [6.45, 7) is 0. The number of nitrogens with zero attached hydrogens (tertiary/aromatic N) is 3. The summed E-state index contributed by atoms with van der Waals surface area (Å²) in [6.07, 6.45) is 3.26. The van der Waals surface area contributed by atoms with E-state index in [2.05, 4.69) is 28.1 Å². The van der Waals surface area contributed by atoms with Crippen LogP contribution < -0.4 is 14.9 Å². The summed E-state index contributed by atoms with van der Waals surface area (Å²) in [5, 5.41) is 11.1. The number of aryl methyl sites for hydroxylation is 1. The zero-order valence-corrected chi connectivity index (χ0v) is 23.6. The second kappa shape index (κ2) is 9.90. The zero-order valence-electron chi connectivity index (χ0n) is 21.2. The molecule has 0 bridgehead atoms. The molecule has 0 saturated heterocycles. The Hall–Kier alpha value is -4.41. The number of rotatable bonds is 4. The molecule has 0 saturated carbocycles. The molecule has 0 N–H and O–H groups in total. The van der Waals surface area contributed by atoms with Crippen molar-refractivity contribution in [1.82, 2.24) is 4.57 Å². The first kappa shape index (κ1) is 25.6. The van der Waals surface area contributed by atoms with Crippen LogP contribution in [0.15, 0.2) is 103 Å². The molecule has 2 aliphatic rings. The zero-order chi connectivity index (χ0) is 28.2. The third-order valence-electron chi connectivity index (χ3n) is 7.39. The molecule has 0 unspecified atom stereocenters. The van der Waals surface area contributed by atoms with Gasteiger partial charge in [-0.3, -0.25) is 19.5 Å². The molecule has 1 atom stereocenters. The second-order valence-corrected chi connectivity index (χ2v) is 11.7. The summed E-state index contributed by atoms with van der Waals surface area (Å²) in [5.74, 6) is 0.627. The number of allylic oxidation sites excluding steroid dienone is 1. The maximum atomic E-state index is 13.9. The Kier molecular flexibility index (Phi) is 6.17. The fourth-order valence-electron chi connectivity index (χ4n) is 5.49. The number of fused-ring (bicyclic) bond motifs is 3. The minimum absolute atomic E-state index is 0.0328. The van der Waals surface area contributed by atoms with Crippen molar-refractivity contribution in [1.29, 1.82) is 0 Å². The molecule has 0 spiro atoms. The standard InChI is InChI=1S/C31H19BrFN3O4S/c32-25-15-20(36(38)39)10-13-23(25)26-14-11-21(40-26)16-27-30(37)35-29(18-5-8-19(33)9-6-18)24-12-7-17-3-1-2-4-22(17)28(24)34-31(35)41-27/h1-6,8-11,13-16,29H,7,12H2/b27-16-/t29-/m0/s1. The molecule has 7 rings (SSSR count). The van der Waals surface area contributed by atoms with Crippen LogP contribution in [0.3, 0.4) is 0 Å². The summed E-state index contributed by atoms with van der Waals surface area (Å²) < 4.78 is 22.6. The van der Waals surface area contributed by atoms with Crippen LogP contribution in [0.1, 0.15) is 34.9 Å². The van der Waals surface area contributed by atoms with Crippen molar-refractivity contribution in [3.05, 3.63) is 147 Å². The molecule has 202 valence electrons. The monoisotopic (exact) mass is 627 g/mol. The lowest BCUT2D eigenvalue weighted by Crippen LogP contribution is -2.38. The van der Waals surface area contributed by atoms with Gasteiger partial charge in [0, 0.05) is 33.8 Å². The van der Waals surface area contributed by atoms with E-state index in [0.717, 1.165) is 35.2 Å². The van der Waals surface area contributed by atoms with Crippen LogP contribution >= 0.6 is 27.3 Å². The maximum Gasteiger partial charge on any atom is 0.271 e. The van der Waals surface area contributed by atoms with Crippen molar-refractivity contribution in [3.8, 4) is 11.3 Å². The summed E-state index contributed by atoms with van der Waals surface area (Å²) in [4.78, 5) is 30.1. The summed E-state index contributed by atoms with van der Waals surface area (Å²) in [6, 6.07) is 22.0. The largest absolute Gasteiger partial charge is 0.457 e. The molecule has 3 aromatic carbocycles. The summed E-state index contributed by atoms with van der Waals surface area (Å²) in [5.41, 5.74) is 5.42. The molecule has 0 radical (unpaired) electrons. The maximum absolute atomic E-state index is 13.9. The van der Waals surface area contributed by atoms with Gasteiger partial charge in [-0.15, -0.1) is 0 Å². The van der Waals surface area contributed by atoms with Gasteiger partial charge >= 0.3 is 0 Å². The third kappa shape index (κ3) is 4.39. The molecule has 1 aliphatic carbocycles. The first-order chi connectivity index (χ1) is 19.9. The number of nitro benzene ring substituents is 1. The Morgan fingerprint density at radius 2 is 1.85 bits per heavy atom. The highest BCUT2D eigenvalue weighted by atomic mass is 79.9. The number of furan rings is 1. The number of hydrogen-bond donors (Lipinski definition) is 0. The molecule has 7 nitrogen and oxygen atoms in total. The molecule has 1 aliphatic heterocycles. The van der Waals surface area contributed by atoms with Crippen molar-refractivity contribution in [2.75, 3.05) is 0 Å². The van der Waals surface area contributed by atoms with E-state index in [0.29, 0.717) is 30.9 Å². The van der Waals surface area contributed by atoms with E-state index in [1.54, 1.807) is 41.0 Å². The van der Waals surface area contributed by atoms with Gasteiger partial charge < -0.3 is 4.42 Å². The highest BCUT2D eigenvalue weighted by Gasteiger charge is 2.32. The molecule has 41 heavy (non-hydrogen) atoms. The van der Waals surface area contributed by atoms with Crippen molar-refractivity contribution >= 4 is 44.7 Å². The fraction of sp³-hybridized carbons (Fsp3) is 0.0968. The van der Waals surface area contributed by atoms with Crippen molar-refractivity contribution < 1.29 is 13.7 Å². The molecule has 5 aromatic rings. The van der Waals surface area contributed by atoms with Gasteiger partial charge in [0.15, 0.2) is 4.80 Å². The summed E-state index contributed by atoms with van der Waals surface area (Å²) >= 11 is 4.66. The average Bonchev–Trinajstić information content (AvgIpc) is 3.56. The highest BCUT2D eigenvalue weighted by Crippen LogP contribution is 2.41. The molecular formula is C31H19BrFN3O4S. The average molecular weight is 628 g/mol. The van der Waals surface area contributed by atoms with E-state index in [9.17, 15) is 19.3 Å². The Labute approximate surface area is 244 Å². The first-order valence-electron chi connectivity index (χ1n) is 12.8. The minimum atomic E-state index is -0.461. The predicted molar refractivity (Wildman–Crippen MR) is 158 cm³/mol. The van der Waals surface area contributed by atoms with Crippen LogP contribution in [0, 0.1) is 15.9 Å². The lowest BCUT2D eigenvalue weighted by atomic mass is 9.83. The lowest BCUT2D eigenvalue weighted by Gasteiger charge is -2.30. The van der Waals surface area contributed by atoms with E-state index >= 15 is 0 Å².